The van der Waals surface area contributed by atoms with E-state index in [0.717, 1.165) is 6.42 Å². The van der Waals surface area contributed by atoms with Crippen LogP contribution in [0.15, 0.2) is 18.2 Å². The minimum absolute atomic E-state index is 0.0403. The third-order valence-electron chi connectivity index (χ3n) is 1.89. The van der Waals surface area contributed by atoms with E-state index in [2.05, 4.69) is 18.8 Å². The molecule has 1 N–H and O–H groups in total. The molecule has 0 aliphatic heterocycles. The average molecular weight is 195 g/mol. The Morgan fingerprint density at radius 1 is 1.43 bits per heavy atom. The molecule has 0 aliphatic rings. The van der Waals surface area contributed by atoms with E-state index in [1.54, 1.807) is 12.1 Å². The molecular formula is C11H17NO2. The third kappa shape index (κ3) is 3.75. The van der Waals surface area contributed by atoms with Crippen molar-refractivity contribution in [2.45, 2.75) is 26.9 Å². The summed E-state index contributed by atoms with van der Waals surface area (Å²) in [5.41, 5.74) is 0.645. The Bertz CT molecular complexity index is 274. The van der Waals surface area contributed by atoms with Gasteiger partial charge in [0.05, 0.1) is 18.9 Å². The van der Waals surface area contributed by atoms with Crippen molar-refractivity contribution in [1.82, 2.24) is 4.98 Å². The van der Waals surface area contributed by atoms with E-state index < -0.39 is 0 Å². The lowest BCUT2D eigenvalue weighted by Crippen LogP contribution is -2.03. The summed E-state index contributed by atoms with van der Waals surface area (Å²) >= 11 is 0. The van der Waals surface area contributed by atoms with Gasteiger partial charge in [-0.2, -0.15) is 0 Å². The van der Waals surface area contributed by atoms with E-state index in [0.29, 0.717) is 24.1 Å². The summed E-state index contributed by atoms with van der Waals surface area (Å²) in [6.07, 6.45) is 1.02. The molecule has 0 fully saturated rings. The Hall–Kier alpha value is -1.09. The lowest BCUT2D eigenvalue weighted by Gasteiger charge is -2.07. The standard InChI is InChI=1S/C11H17NO2/c1-9(2)6-7-14-11-5-3-4-10(8-13)12-11/h3-5,9,13H,6-8H2,1-2H3. The molecule has 1 rings (SSSR count). The SMILES string of the molecule is CC(C)CCOc1cccc(CO)n1. The normalized spacial score (nSPS) is 10.6. The van der Waals surface area contributed by atoms with Crippen LogP contribution in [0.3, 0.4) is 0 Å². The molecule has 3 nitrogen and oxygen atoms in total. The van der Waals surface area contributed by atoms with Crippen LogP contribution in [0.5, 0.6) is 5.88 Å². The van der Waals surface area contributed by atoms with E-state index in [9.17, 15) is 0 Å². The molecular weight excluding hydrogens is 178 g/mol. The predicted molar refractivity (Wildman–Crippen MR) is 55.1 cm³/mol. The zero-order chi connectivity index (χ0) is 10.4. The highest BCUT2D eigenvalue weighted by Crippen LogP contribution is 2.09. The summed E-state index contributed by atoms with van der Waals surface area (Å²) in [5, 5.41) is 8.86. The van der Waals surface area contributed by atoms with Crippen LogP contribution in [-0.4, -0.2) is 16.7 Å². The average Bonchev–Trinajstić information content (AvgIpc) is 2.18. The van der Waals surface area contributed by atoms with E-state index >= 15 is 0 Å². The molecule has 14 heavy (non-hydrogen) atoms. The fourth-order valence-electron chi connectivity index (χ4n) is 1.03. The molecule has 0 radical (unpaired) electrons. The van der Waals surface area contributed by atoms with Gasteiger partial charge in [-0.15, -0.1) is 0 Å². The quantitative estimate of drug-likeness (QED) is 0.781. The van der Waals surface area contributed by atoms with Crippen LogP contribution >= 0.6 is 0 Å². The summed E-state index contributed by atoms with van der Waals surface area (Å²) < 4.78 is 5.44. The van der Waals surface area contributed by atoms with Crippen LogP contribution in [0.25, 0.3) is 0 Å². The van der Waals surface area contributed by atoms with Crippen molar-refractivity contribution < 1.29 is 9.84 Å². The summed E-state index contributed by atoms with van der Waals surface area (Å²) in [5.74, 6) is 1.23. The summed E-state index contributed by atoms with van der Waals surface area (Å²) in [7, 11) is 0. The van der Waals surface area contributed by atoms with Crippen molar-refractivity contribution in [3.8, 4) is 5.88 Å². The molecule has 0 atom stereocenters. The van der Waals surface area contributed by atoms with Gasteiger partial charge >= 0.3 is 0 Å². The molecule has 0 amide bonds. The second-order valence-corrected chi connectivity index (χ2v) is 3.66. The fourth-order valence-corrected chi connectivity index (χ4v) is 1.03. The Kier molecular flexibility index (Phi) is 4.40. The smallest absolute Gasteiger partial charge is 0.213 e. The van der Waals surface area contributed by atoms with Crippen molar-refractivity contribution >= 4 is 0 Å². The number of aliphatic hydroxyl groups excluding tert-OH is 1. The second-order valence-electron chi connectivity index (χ2n) is 3.66. The predicted octanol–water partition coefficient (Wildman–Crippen LogP) is 2.00. The van der Waals surface area contributed by atoms with Crippen LogP contribution in [0, 0.1) is 5.92 Å². The molecule has 0 aromatic carbocycles. The highest BCUT2D eigenvalue weighted by molar-refractivity contribution is 5.15. The lowest BCUT2D eigenvalue weighted by molar-refractivity contribution is 0.262. The van der Waals surface area contributed by atoms with Gasteiger partial charge in [0.15, 0.2) is 0 Å². The fraction of sp³-hybridized carbons (Fsp3) is 0.545. The number of aromatic nitrogens is 1. The maximum atomic E-state index is 8.86. The minimum Gasteiger partial charge on any atom is -0.478 e. The molecule has 0 saturated heterocycles. The zero-order valence-corrected chi connectivity index (χ0v) is 8.73. The maximum absolute atomic E-state index is 8.86. The maximum Gasteiger partial charge on any atom is 0.213 e. The largest absolute Gasteiger partial charge is 0.478 e. The zero-order valence-electron chi connectivity index (χ0n) is 8.73. The number of hydrogen-bond donors (Lipinski definition) is 1. The molecule has 0 aliphatic carbocycles. The van der Waals surface area contributed by atoms with Crippen LogP contribution in [0.1, 0.15) is 26.0 Å². The van der Waals surface area contributed by atoms with Gasteiger partial charge < -0.3 is 9.84 Å². The van der Waals surface area contributed by atoms with Gasteiger partial charge in [0.2, 0.25) is 5.88 Å². The van der Waals surface area contributed by atoms with Gasteiger partial charge in [-0.1, -0.05) is 19.9 Å². The van der Waals surface area contributed by atoms with Gasteiger partial charge in [0.1, 0.15) is 0 Å². The highest BCUT2D eigenvalue weighted by atomic mass is 16.5. The topological polar surface area (TPSA) is 42.4 Å². The Labute approximate surface area is 84.7 Å². The van der Waals surface area contributed by atoms with Gasteiger partial charge in [0, 0.05) is 6.07 Å². The van der Waals surface area contributed by atoms with Crippen molar-refractivity contribution in [3.63, 3.8) is 0 Å². The van der Waals surface area contributed by atoms with Crippen molar-refractivity contribution in [3.05, 3.63) is 23.9 Å². The van der Waals surface area contributed by atoms with E-state index in [-0.39, 0.29) is 6.61 Å². The van der Waals surface area contributed by atoms with Gasteiger partial charge in [0.25, 0.3) is 0 Å². The molecule has 1 heterocycles. The number of ether oxygens (including phenoxy) is 1. The van der Waals surface area contributed by atoms with Crippen molar-refractivity contribution in [2.24, 2.45) is 5.92 Å². The lowest BCUT2D eigenvalue weighted by atomic mass is 10.1. The van der Waals surface area contributed by atoms with E-state index in [1.807, 2.05) is 6.07 Å². The summed E-state index contributed by atoms with van der Waals surface area (Å²) in [4.78, 5) is 4.12. The minimum atomic E-state index is -0.0403. The first kappa shape index (κ1) is 11.0. The van der Waals surface area contributed by atoms with Gasteiger partial charge in [-0.3, -0.25) is 0 Å². The Morgan fingerprint density at radius 3 is 2.86 bits per heavy atom. The summed E-state index contributed by atoms with van der Waals surface area (Å²) in [6, 6.07) is 5.41. The van der Waals surface area contributed by atoms with Crippen molar-refractivity contribution in [2.75, 3.05) is 6.61 Å². The Balaban J connectivity index is 2.42. The number of rotatable bonds is 5. The molecule has 1 aromatic rings. The van der Waals surface area contributed by atoms with Crippen LogP contribution in [0.4, 0.5) is 0 Å². The first-order valence-electron chi connectivity index (χ1n) is 4.92. The van der Waals surface area contributed by atoms with Gasteiger partial charge in [-0.05, 0) is 18.4 Å². The monoisotopic (exact) mass is 195 g/mol. The van der Waals surface area contributed by atoms with Crippen molar-refractivity contribution in [1.29, 1.82) is 0 Å². The molecule has 0 bridgehead atoms. The number of aliphatic hydroxyl groups is 1. The van der Waals surface area contributed by atoms with E-state index in [1.165, 1.54) is 0 Å². The summed E-state index contributed by atoms with van der Waals surface area (Å²) in [6.45, 7) is 4.95. The van der Waals surface area contributed by atoms with E-state index in [4.69, 9.17) is 9.84 Å². The van der Waals surface area contributed by atoms with Gasteiger partial charge in [-0.25, -0.2) is 4.98 Å². The van der Waals surface area contributed by atoms with Crippen LogP contribution < -0.4 is 4.74 Å². The molecule has 1 aromatic heterocycles. The molecule has 78 valence electrons. The molecule has 0 spiro atoms. The highest BCUT2D eigenvalue weighted by Gasteiger charge is 1.98. The Morgan fingerprint density at radius 2 is 2.21 bits per heavy atom. The first-order valence-corrected chi connectivity index (χ1v) is 4.92. The van der Waals surface area contributed by atoms with Crippen LogP contribution in [0.2, 0.25) is 0 Å². The number of nitrogens with zero attached hydrogens (tertiary/aromatic N) is 1. The molecule has 3 heteroatoms. The second kappa shape index (κ2) is 5.60. The number of pyridine rings is 1. The third-order valence-corrected chi connectivity index (χ3v) is 1.89. The molecule has 0 saturated carbocycles. The first-order chi connectivity index (χ1) is 6.72. The van der Waals surface area contributed by atoms with Crippen LogP contribution in [-0.2, 0) is 6.61 Å². The molecule has 0 unspecified atom stereocenters. The number of hydrogen-bond acceptors (Lipinski definition) is 3.